The van der Waals surface area contributed by atoms with Gasteiger partial charge in [-0.05, 0) is 51.0 Å². The number of hydrogen-bond donors (Lipinski definition) is 2. The molecule has 2 amide bonds. The van der Waals surface area contributed by atoms with Crippen molar-refractivity contribution in [2.45, 2.75) is 58.6 Å². The van der Waals surface area contributed by atoms with Crippen LogP contribution in [0.25, 0.3) is 0 Å². The van der Waals surface area contributed by atoms with E-state index in [0.717, 1.165) is 36.8 Å². The Morgan fingerprint density at radius 3 is 2.36 bits per heavy atom. The fourth-order valence-electron chi connectivity index (χ4n) is 3.54. The number of rotatable bonds is 3. The van der Waals surface area contributed by atoms with E-state index in [-0.39, 0.29) is 18.1 Å². The lowest BCUT2D eigenvalue weighted by Gasteiger charge is -2.31. The summed E-state index contributed by atoms with van der Waals surface area (Å²) in [6.07, 6.45) is 3.97. The fourth-order valence-corrected chi connectivity index (χ4v) is 3.54. The van der Waals surface area contributed by atoms with E-state index >= 15 is 0 Å². The van der Waals surface area contributed by atoms with Crippen LogP contribution >= 0.6 is 0 Å². The third kappa shape index (κ3) is 4.03. The average Bonchev–Trinajstić information content (AvgIpc) is 2.57. The van der Waals surface area contributed by atoms with Crippen LogP contribution in [0.2, 0.25) is 0 Å². The summed E-state index contributed by atoms with van der Waals surface area (Å²) in [6.45, 7) is 5.99. The Hall–Kier alpha value is -2.30. The smallest absolute Gasteiger partial charge is 0.338 e. The van der Waals surface area contributed by atoms with Gasteiger partial charge in [-0.25, -0.2) is 9.59 Å². The first-order chi connectivity index (χ1) is 11.9. The van der Waals surface area contributed by atoms with Crippen LogP contribution in [0.1, 0.15) is 56.7 Å². The Morgan fingerprint density at radius 2 is 1.72 bits per heavy atom. The lowest BCUT2D eigenvalue weighted by molar-refractivity contribution is -0.146. The second-order valence-electron chi connectivity index (χ2n) is 7.27. The van der Waals surface area contributed by atoms with E-state index in [0.29, 0.717) is 17.2 Å². The SMILES string of the molecule is CC1=C(C(=O)OC2CCC(C)CC2)C(c2ccc(C)cc2)NC(=O)N1. The molecule has 0 spiro atoms. The normalized spacial score (nSPS) is 26.7. The van der Waals surface area contributed by atoms with Gasteiger partial charge in [-0.2, -0.15) is 0 Å². The van der Waals surface area contributed by atoms with Crippen molar-refractivity contribution in [3.63, 3.8) is 0 Å². The van der Waals surface area contributed by atoms with Gasteiger partial charge in [0.25, 0.3) is 0 Å². The molecule has 0 aromatic heterocycles. The summed E-state index contributed by atoms with van der Waals surface area (Å²) in [5.41, 5.74) is 3.06. The van der Waals surface area contributed by atoms with Crippen LogP contribution in [0.4, 0.5) is 4.79 Å². The van der Waals surface area contributed by atoms with E-state index in [2.05, 4.69) is 17.6 Å². The van der Waals surface area contributed by atoms with E-state index in [9.17, 15) is 9.59 Å². The van der Waals surface area contributed by atoms with Gasteiger partial charge in [-0.15, -0.1) is 0 Å². The highest BCUT2D eigenvalue weighted by molar-refractivity contribution is 5.95. The van der Waals surface area contributed by atoms with Gasteiger partial charge in [-0.1, -0.05) is 36.8 Å². The molecular formula is C20H26N2O3. The van der Waals surface area contributed by atoms with Gasteiger partial charge in [0.2, 0.25) is 0 Å². The molecule has 3 rings (SSSR count). The number of aryl methyl sites for hydroxylation is 1. The molecule has 25 heavy (non-hydrogen) atoms. The second-order valence-corrected chi connectivity index (χ2v) is 7.27. The van der Waals surface area contributed by atoms with Crippen molar-refractivity contribution in [2.24, 2.45) is 5.92 Å². The highest BCUT2D eigenvalue weighted by Gasteiger charge is 2.33. The van der Waals surface area contributed by atoms with Crippen molar-refractivity contribution in [3.8, 4) is 0 Å². The molecule has 1 atom stereocenters. The highest BCUT2D eigenvalue weighted by atomic mass is 16.5. The zero-order valence-electron chi connectivity index (χ0n) is 15.1. The van der Waals surface area contributed by atoms with Crippen molar-refractivity contribution in [1.29, 1.82) is 0 Å². The lowest BCUT2D eigenvalue weighted by atomic mass is 9.88. The van der Waals surface area contributed by atoms with Gasteiger partial charge in [0.15, 0.2) is 0 Å². The average molecular weight is 342 g/mol. The number of ether oxygens (including phenoxy) is 1. The van der Waals surface area contributed by atoms with Crippen molar-refractivity contribution >= 4 is 12.0 Å². The maximum atomic E-state index is 12.8. The molecule has 1 aliphatic carbocycles. The number of benzene rings is 1. The largest absolute Gasteiger partial charge is 0.459 e. The van der Waals surface area contributed by atoms with Crippen LogP contribution < -0.4 is 10.6 Å². The van der Waals surface area contributed by atoms with Crippen LogP contribution in [-0.4, -0.2) is 18.1 Å². The number of carbonyl (C=O) groups is 2. The van der Waals surface area contributed by atoms with E-state index < -0.39 is 6.04 Å². The molecule has 1 aromatic carbocycles. The van der Waals surface area contributed by atoms with Gasteiger partial charge in [0.1, 0.15) is 6.10 Å². The molecule has 1 aliphatic heterocycles. The highest BCUT2D eigenvalue weighted by Crippen LogP contribution is 2.31. The number of allylic oxidation sites excluding steroid dienone is 1. The number of nitrogens with one attached hydrogen (secondary N) is 2. The first-order valence-electron chi connectivity index (χ1n) is 9.00. The van der Waals surface area contributed by atoms with Crippen molar-refractivity contribution in [3.05, 3.63) is 46.7 Å². The van der Waals surface area contributed by atoms with E-state index in [1.165, 1.54) is 0 Å². The first kappa shape index (κ1) is 17.5. The predicted molar refractivity (Wildman–Crippen MR) is 95.8 cm³/mol. The third-order valence-corrected chi connectivity index (χ3v) is 5.14. The minimum Gasteiger partial charge on any atom is -0.459 e. The summed E-state index contributed by atoms with van der Waals surface area (Å²) >= 11 is 0. The Kier molecular flexibility index (Phi) is 5.11. The number of esters is 1. The summed E-state index contributed by atoms with van der Waals surface area (Å²) in [6, 6.07) is 7.05. The zero-order valence-corrected chi connectivity index (χ0v) is 15.1. The molecule has 0 bridgehead atoms. The molecule has 0 saturated heterocycles. The van der Waals surface area contributed by atoms with Gasteiger partial charge < -0.3 is 15.4 Å². The molecular weight excluding hydrogens is 316 g/mol. The van der Waals surface area contributed by atoms with Crippen LogP contribution in [-0.2, 0) is 9.53 Å². The van der Waals surface area contributed by atoms with Crippen LogP contribution in [0.3, 0.4) is 0 Å². The molecule has 0 radical (unpaired) electrons. The maximum Gasteiger partial charge on any atom is 0.338 e. The van der Waals surface area contributed by atoms with Crippen molar-refractivity contribution < 1.29 is 14.3 Å². The number of hydrogen-bond acceptors (Lipinski definition) is 3. The minimum absolute atomic E-state index is 0.0275. The van der Waals surface area contributed by atoms with Gasteiger partial charge in [0, 0.05) is 5.70 Å². The second kappa shape index (κ2) is 7.30. The molecule has 2 aliphatic rings. The minimum atomic E-state index is -0.482. The molecule has 1 heterocycles. The van der Waals surface area contributed by atoms with Crippen molar-refractivity contribution in [1.82, 2.24) is 10.6 Å². The molecule has 5 nitrogen and oxygen atoms in total. The molecule has 2 N–H and O–H groups in total. The summed E-state index contributed by atoms with van der Waals surface area (Å²) in [4.78, 5) is 24.8. The van der Waals surface area contributed by atoms with E-state index in [4.69, 9.17) is 4.74 Å². The molecule has 134 valence electrons. The third-order valence-electron chi connectivity index (χ3n) is 5.14. The number of amides is 2. The molecule has 1 fully saturated rings. The Morgan fingerprint density at radius 1 is 1.08 bits per heavy atom. The maximum absolute atomic E-state index is 12.8. The summed E-state index contributed by atoms with van der Waals surface area (Å²) in [5.74, 6) is 0.363. The standard InChI is InChI=1S/C20H26N2O3/c1-12-4-8-15(9-5-12)18-17(14(3)21-20(24)22-18)19(23)25-16-10-6-13(2)7-11-16/h4-5,8-9,13,16,18H,6-7,10-11H2,1-3H3,(H2,21,22,24). The Bertz CT molecular complexity index is 685. The van der Waals surface area contributed by atoms with Gasteiger partial charge in [0.05, 0.1) is 11.6 Å². The quantitative estimate of drug-likeness (QED) is 0.822. The van der Waals surface area contributed by atoms with Gasteiger partial charge in [-0.3, -0.25) is 0 Å². The molecule has 1 unspecified atom stereocenters. The molecule has 1 saturated carbocycles. The Labute approximate surface area is 148 Å². The summed E-state index contributed by atoms with van der Waals surface area (Å²) < 4.78 is 5.77. The zero-order chi connectivity index (χ0) is 18.0. The molecule has 5 heteroatoms. The van der Waals surface area contributed by atoms with Crippen LogP contribution in [0.5, 0.6) is 0 Å². The van der Waals surface area contributed by atoms with Gasteiger partial charge >= 0.3 is 12.0 Å². The Balaban J connectivity index is 1.82. The predicted octanol–water partition coefficient (Wildman–Crippen LogP) is 3.74. The lowest BCUT2D eigenvalue weighted by Crippen LogP contribution is -2.45. The topological polar surface area (TPSA) is 67.4 Å². The van der Waals surface area contributed by atoms with Crippen LogP contribution in [0.15, 0.2) is 35.5 Å². The number of urea groups is 1. The molecule has 1 aromatic rings. The monoisotopic (exact) mass is 342 g/mol. The first-order valence-corrected chi connectivity index (χ1v) is 9.00. The van der Waals surface area contributed by atoms with Crippen LogP contribution in [0, 0.1) is 12.8 Å². The summed E-state index contributed by atoms with van der Waals surface area (Å²) in [5, 5.41) is 5.54. The number of carbonyl (C=O) groups excluding carboxylic acids is 2. The van der Waals surface area contributed by atoms with E-state index in [1.54, 1.807) is 6.92 Å². The fraction of sp³-hybridized carbons (Fsp3) is 0.500. The van der Waals surface area contributed by atoms with Crippen molar-refractivity contribution in [2.75, 3.05) is 0 Å². The van der Waals surface area contributed by atoms with E-state index in [1.807, 2.05) is 31.2 Å². The summed E-state index contributed by atoms with van der Waals surface area (Å²) in [7, 11) is 0.